The molecule has 120 valence electrons. The van der Waals surface area contributed by atoms with Gasteiger partial charge in [0.05, 0.1) is 6.42 Å². The summed E-state index contributed by atoms with van der Waals surface area (Å²) in [5.74, 6) is -0.833. The van der Waals surface area contributed by atoms with Gasteiger partial charge in [-0.2, -0.15) is 0 Å². The van der Waals surface area contributed by atoms with E-state index in [-0.39, 0.29) is 11.8 Å². The molecule has 23 heavy (non-hydrogen) atoms. The lowest BCUT2D eigenvalue weighted by Gasteiger charge is -2.24. The zero-order valence-electron chi connectivity index (χ0n) is 13.8. The number of carboxylic acid groups (broad SMARTS) is 1. The number of rotatable bonds is 4. The maximum atomic E-state index is 10.9. The van der Waals surface area contributed by atoms with Gasteiger partial charge in [-0.05, 0) is 28.2 Å². The molecule has 0 unspecified atom stereocenters. The van der Waals surface area contributed by atoms with Crippen molar-refractivity contribution in [2.45, 2.75) is 27.2 Å². The lowest BCUT2D eigenvalue weighted by atomic mass is 9.81. The van der Waals surface area contributed by atoms with Crippen molar-refractivity contribution in [3.05, 3.63) is 60.2 Å². The van der Waals surface area contributed by atoms with E-state index in [9.17, 15) is 4.79 Å². The Balaban J connectivity index is 2.45. The third kappa shape index (κ3) is 4.22. The van der Waals surface area contributed by atoms with Crippen LogP contribution in [-0.2, 0) is 4.79 Å². The third-order valence-electron chi connectivity index (χ3n) is 3.74. The molecule has 0 radical (unpaired) electrons. The van der Waals surface area contributed by atoms with Gasteiger partial charge in [-0.1, -0.05) is 69.3 Å². The highest BCUT2D eigenvalue weighted by Gasteiger charge is 2.19. The smallest absolute Gasteiger partial charge is 0.307 e. The second-order valence-electron chi connectivity index (χ2n) is 6.63. The number of anilines is 1. The highest BCUT2D eigenvalue weighted by atomic mass is 16.4. The minimum atomic E-state index is -0.833. The fraction of sp³-hybridized carbons (Fsp3) is 0.250. The highest BCUT2D eigenvalue weighted by Crippen LogP contribution is 2.37. The molecular weight excluding hydrogens is 286 g/mol. The Morgan fingerprint density at radius 2 is 1.78 bits per heavy atom. The zero-order chi connectivity index (χ0) is 17.0. The number of carbonyl (C=O) groups is 1. The molecule has 0 aliphatic heterocycles. The summed E-state index contributed by atoms with van der Waals surface area (Å²) in [6, 6.07) is 15.9. The first kappa shape index (κ1) is 16.8. The van der Waals surface area contributed by atoms with E-state index in [2.05, 4.69) is 20.8 Å². The minimum Gasteiger partial charge on any atom is -0.481 e. The molecule has 0 spiro atoms. The second-order valence-corrected chi connectivity index (χ2v) is 6.63. The number of nitrogen functional groups attached to an aromatic ring is 1. The van der Waals surface area contributed by atoms with Gasteiger partial charge in [0.15, 0.2) is 0 Å². The molecule has 3 heteroatoms. The Labute approximate surface area is 137 Å². The third-order valence-corrected chi connectivity index (χ3v) is 3.74. The molecule has 3 N–H and O–H groups in total. The maximum absolute atomic E-state index is 10.9. The highest BCUT2D eigenvalue weighted by molar-refractivity contribution is 5.82. The minimum absolute atomic E-state index is 0.00689. The van der Waals surface area contributed by atoms with Gasteiger partial charge in [-0.25, -0.2) is 0 Å². The van der Waals surface area contributed by atoms with Crippen molar-refractivity contribution < 1.29 is 9.90 Å². The van der Waals surface area contributed by atoms with Crippen molar-refractivity contribution in [2.75, 3.05) is 5.73 Å². The Morgan fingerprint density at radius 3 is 2.30 bits per heavy atom. The number of hydrogen-bond acceptors (Lipinski definition) is 2. The van der Waals surface area contributed by atoms with E-state index in [0.29, 0.717) is 5.69 Å². The number of hydrogen-bond donors (Lipinski definition) is 2. The average Bonchev–Trinajstić information content (AvgIpc) is 2.46. The summed E-state index contributed by atoms with van der Waals surface area (Å²) in [6.45, 7) is 6.21. The number of benzene rings is 2. The average molecular weight is 309 g/mol. The molecule has 3 nitrogen and oxygen atoms in total. The number of nitrogens with two attached hydrogens (primary N) is 1. The first-order valence-corrected chi connectivity index (χ1v) is 7.67. The van der Waals surface area contributed by atoms with Crippen molar-refractivity contribution in [1.82, 2.24) is 0 Å². The van der Waals surface area contributed by atoms with Crippen LogP contribution in [0.25, 0.3) is 16.7 Å². The van der Waals surface area contributed by atoms with Crippen LogP contribution in [-0.4, -0.2) is 11.1 Å². The lowest BCUT2D eigenvalue weighted by molar-refractivity contribution is -0.135. The topological polar surface area (TPSA) is 63.3 Å². The van der Waals surface area contributed by atoms with E-state index in [1.54, 1.807) is 6.08 Å². The Morgan fingerprint density at radius 1 is 1.13 bits per heavy atom. The number of allylic oxidation sites excluding steroid dienone is 1. The molecule has 0 saturated heterocycles. The van der Waals surface area contributed by atoms with E-state index in [1.807, 2.05) is 48.5 Å². The van der Waals surface area contributed by atoms with E-state index in [1.165, 1.54) is 0 Å². The molecule has 0 aliphatic rings. The zero-order valence-corrected chi connectivity index (χ0v) is 13.8. The van der Waals surface area contributed by atoms with Crippen LogP contribution in [0.4, 0.5) is 5.69 Å². The predicted octanol–water partition coefficient (Wildman–Crippen LogP) is 4.84. The van der Waals surface area contributed by atoms with Gasteiger partial charge in [0, 0.05) is 11.3 Å². The second kappa shape index (κ2) is 6.69. The van der Waals surface area contributed by atoms with Crippen molar-refractivity contribution in [3.8, 4) is 11.1 Å². The molecule has 0 aromatic heterocycles. The first-order valence-electron chi connectivity index (χ1n) is 7.67. The van der Waals surface area contributed by atoms with Crippen LogP contribution in [0.5, 0.6) is 0 Å². The largest absolute Gasteiger partial charge is 0.481 e. The Kier molecular flexibility index (Phi) is 4.89. The van der Waals surface area contributed by atoms with Crippen molar-refractivity contribution in [3.63, 3.8) is 0 Å². The fourth-order valence-corrected chi connectivity index (χ4v) is 2.66. The Bertz CT molecular complexity index is 725. The maximum Gasteiger partial charge on any atom is 0.307 e. The van der Waals surface area contributed by atoms with E-state index >= 15 is 0 Å². The lowest BCUT2D eigenvalue weighted by Crippen LogP contribution is -2.10. The summed E-state index contributed by atoms with van der Waals surface area (Å²) >= 11 is 0. The van der Waals surface area contributed by atoms with Crippen LogP contribution in [0.15, 0.2) is 54.6 Å². The van der Waals surface area contributed by atoms with Crippen LogP contribution < -0.4 is 5.73 Å². The quantitative estimate of drug-likeness (QED) is 0.794. The van der Waals surface area contributed by atoms with Gasteiger partial charge in [0.2, 0.25) is 0 Å². The summed E-state index contributed by atoms with van der Waals surface area (Å²) in [7, 11) is 0. The first-order chi connectivity index (χ1) is 10.8. The van der Waals surface area contributed by atoms with Crippen LogP contribution >= 0.6 is 0 Å². The van der Waals surface area contributed by atoms with E-state index < -0.39 is 5.97 Å². The van der Waals surface area contributed by atoms with Crippen LogP contribution in [0, 0.1) is 5.41 Å². The summed E-state index contributed by atoms with van der Waals surface area (Å²) in [4.78, 5) is 10.9. The molecule has 0 saturated carbocycles. The molecule has 2 aromatic rings. The molecule has 0 fully saturated rings. The van der Waals surface area contributed by atoms with Gasteiger partial charge in [0.25, 0.3) is 0 Å². The predicted molar refractivity (Wildman–Crippen MR) is 96.0 cm³/mol. The monoisotopic (exact) mass is 309 g/mol. The van der Waals surface area contributed by atoms with Crippen molar-refractivity contribution in [1.29, 1.82) is 0 Å². The molecular formula is C20H23NO2. The van der Waals surface area contributed by atoms with E-state index in [4.69, 9.17) is 10.8 Å². The molecule has 0 atom stereocenters. The Hall–Kier alpha value is -2.55. The number of carboxylic acids is 1. The normalized spacial score (nSPS) is 12.2. The molecule has 0 heterocycles. The molecule has 0 aliphatic carbocycles. The fourth-order valence-electron chi connectivity index (χ4n) is 2.66. The van der Waals surface area contributed by atoms with Crippen molar-refractivity contribution in [2.24, 2.45) is 5.41 Å². The van der Waals surface area contributed by atoms with Crippen LogP contribution in [0.3, 0.4) is 0 Å². The summed E-state index contributed by atoms with van der Waals surface area (Å²) in [5, 5.41) is 8.95. The SMILES string of the molecule is CC(C)(C)/C(=C\CC(=O)O)c1ccc(-c2ccccc2)c(N)c1. The van der Waals surface area contributed by atoms with Gasteiger partial charge in [-0.3, -0.25) is 4.79 Å². The van der Waals surface area contributed by atoms with Crippen LogP contribution in [0.1, 0.15) is 32.8 Å². The molecule has 2 aromatic carbocycles. The summed E-state index contributed by atoms with van der Waals surface area (Å²) < 4.78 is 0. The van der Waals surface area contributed by atoms with E-state index in [0.717, 1.165) is 22.3 Å². The summed E-state index contributed by atoms with van der Waals surface area (Å²) in [5.41, 5.74) is 10.8. The van der Waals surface area contributed by atoms with Gasteiger partial charge in [-0.15, -0.1) is 0 Å². The van der Waals surface area contributed by atoms with Gasteiger partial charge in [0.1, 0.15) is 0 Å². The summed E-state index contributed by atoms with van der Waals surface area (Å²) in [6.07, 6.45) is 1.78. The standard InChI is InChI=1S/C20H23NO2/c1-20(2,3)17(11-12-19(22)23)15-9-10-16(18(21)13-15)14-7-5-4-6-8-14/h4-11,13H,12,21H2,1-3H3,(H,22,23)/b17-11-. The van der Waals surface area contributed by atoms with Gasteiger partial charge < -0.3 is 10.8 Å². The molecule has 2 rings (SSSR count). The number of aliphatic carboxylic acids is 1. The van der Waals surface area contributed by atoms with Crippen LogP contribution in [0.2, 0.25) is 0 Å². The molecule has 0 bridgehead atoms. The molecule has 0 amide bonds. The van der Waals surface area contributed by atoms with Crippen molar-refractivity contribution >= 4 is 17.2 Å². The van der Waals surface area contributed by atoms with Gasteiger partial charge >= 0.3 is 5.97 Å².